The fraction of sp³-hybridized carbons (Fsp3) is 0.500. The Morgan fingerprint density at radius 3 is 2.36 bits per heavy atom. The van der Waals surface area contributed by atoms with Crippen LogP contribution in [0.25, 0.3) is 0 Å². The van der Waals surface area contributed by atoms with Crippen molar-refractivity contribution in [1.82, 2.24) is 0 Å². The predicted molar refractivity (Wildman–Crippen MR) is 55.6 cm³/mol. The molecule has 1 aromatic carbocycles. The molecule has 14 heavy (non-hydrogen) atoms. The maximum Gasteiger partial charge on any atom is 0.126 e. The summed E-state index contributed by atoms with van der Waals surface area (Å²) in [5.74, 6) is -0.259. The van der Waals surface area contributed by atoms with E-state index in [1.54, 1.807) is 19.1 Å². The second kappa shape index (κ2) is 3.70. The highest BCUT2D eigenvalue weighted by atomic mass is 19.1. The molecule has 0 saturated carbocycles. The van der Waals surface area contributed by atoms with Crippen LogP contribution in [0.3, 0.4) is 0 Å². The predicted octanol–water partition coefficient (Wildman–Crippen LogP) is 3.21. The number of benzene rings is 1. The normalized spacial score (nSPS) is 14.1. The Balaban J connectivity index is 3.14. The maximum atomic E-state index is 13.2. The quantitative estimate of drug-likeness (QED) is 0.731. The minimum absolute atomic E-state index is 0.259. The SMILES string of the molecule is Cc1c(F)cccc1C(O)C(C)(C)C. The van der Waals surface area contributed by atoms with Crippen molar-refractivity contribution in [2.75, 3.05) is 0 Å². The van der Waals surface area contributed by atoms with Gasteiger partial charge in [-0.3, -0.25) is 0 Å². The van der Waals surface area contributed by atoms with Crippen molar-refractivity contribution in [3.63, 3.8) is 0 Å². The van der Waals surface area contributed by atoms with E-state index < -0.39 is 6.10 Å². The fourth-order valence-corrected chi connectivity index (χ4v) is 1.39. The van der Waals surface area contributed by atoms with Gasteiger partial charge in [-0.1, -0.05) is 32.9 Å². The van der Waals surface area contributed by atoms with Crippen LogP contribution in [-0.2, 0) is 0 Å². The van der Waals surface area contributed by atoms with Crippen molar-refractivity contribution in [2.45, 2.75) is 33.8 Å². The molecule has 0 bridgehead atoms. The molecular weight excluding hydrogens is 179 g/mol. The number of hydrogen-bond donors (Lipinski definition) is 1. The van der Waals surface area contributed by atoms with Gasteiger partial charge in [0.15, 0.2) is 0 Å². The van der Waals surface area contributed by atoms with Crippen LogP contribution in [0, 0.1) is 18.2 Å². The number of aliphatic hydroxyl groups is 1. The Hall–Kier alpha value is -0.890. The minimum atomic E-state index is -0.627. The zero-order valence-electron chi connectivity index (χ0n) is 9.13. The molecule has 1 rings (SSSR count). The summed E-state index contributed by atoms with van der Waals surface area (Å²) in [5, 5.41) is 10.00. The Bertz CT molecular complexity index is 326. The maximum absolute atomic E-state index is 13.2. The van der Waals surface area contributed by atoms with Gasteiger partial charge in [0.1, 0.15) is 5.82 Å². The molecule has 78 valence electrons. The molecule has 1 N–H and O–H groups in total. The van der Waals surface area contributed by atoms with E-state index in [4.69, 9.17) is 0 Å². The van der Waals surface area contributed by atoms with E-state index >= 15 is 0 Å². The molecule has 1 aromatic rings. The summed E-state index contributed by atoms with van der Waals surface area (Å²) in [4.78, 5) is 0. The summed E-state index contributed by atoms with van der Waals surface area (Å²) in [7, 11) is 0. The van der Waals surface area contributed by atoms with Gasteiger partial charge in [-0.15, -0.1) is 0 Å². The summed E-state index contributed by atoms with van der Waals surface area (Å²) in [6.45, 7) is 7.49. The van der Waals surface area contributed by atoms with Crippen molar-refractivity contribution in [3.8, 4) is 0 Å². The Morgan fingerprint density at radius 1 is 1.29 bits per heavy atom. The molecule has 1 nitrogen and oxygen atoms in total. The topological polar surface area (TPSA) is 20.2 Å². The van der Waals surface area contributed by atoms with Gasteiger partial charge in [-0.25, -0.2) is 4.39 Å². The average Bonchev–Trinajstić information content (AvgIpc) is 2.07. The van der Waals surface area contributed by atoms with Gasteiger partial charge in [0, 0.05) is 0 Å². The monoisotopic (exact) mass is 196 g/mol. The first-order valence-electron chi connectivity index (χ1n) is 4.77. The highest BCUT2D eigenvalue weighted by molar-refractivity contribution is 5.30. The van der Waals surface area contributed by atoms with Gasteiger partial charge in [-0.05, 0) is 29.5 Å². The number of hydrogen-bond acceptors (Lipinski definition) is 1. The first-order valence-corrected chi connectivity index (χ1v) is 4.77. The molecule has 0 fully saturated rings. The highest BCUT2D eigenvalue weighted by Gasteiger charge is 2.25. The third-order valence-corrected chi connectivity index (χ3v) is 2.42. The van der Waals surface area contributed by atoms with E-state index in [0.29, 0.717) is 11.1 Å². The van der Waals surface area contributed by atoms with E-state index in [9.17, 15) is 9.50 Å². The van der Waals surface area contributed by atoms with Crippen molar-refractivity contribution >= 4 is 0 Å². The van der Waals surface area contributed by atoms with E-state index in [2.05, 4.69) is 0 Å². The Morgan fingerprint density at radius 2 is 1.86 bits per heavy atom. The smallest absolute Gasteiger partial charge is 0.126 e. The van der Waals surface area contributed by atoms with E-state index in [1.165, 1.54) is 6.07 Å². The van der Waals surface area contributed by atoms with Crippen LogP contribution in [0.2, 0.25) is 0 Å². The van der Waals surface area contributed by atoms with Gasteiger partial charge in [0.2, 0.25) is 0 Å². The summed E-state index contributed by atoms with van der Waals surface area (Å²) < 4.78 is 13.2. The first kappa shape index (κ1) is 11.2. The van der Waals surface area contributed by atoms with Gasteiger partial charge >= 0.3 is 0 Å². The first-order chi connectivity index (χ1) is 6.34. The number of aliphatic hydroxyl groups excluding tert-OH is 1. The molecule has 2 heteroatoms. The van der Waals surface area contributed by atoms with Gasteiger partial charge in [-0.2, -0.15) is 0 Å². The van der Waals surface area contributed by atoms with Crippen LogP contribution in [0.15, 0.2) is 18.2 Å². The molecule has 1 atom stereocenters. The zero-order chi connectivity index (χ0) is 10.9. The second-order valence-electron chi connectivity index (χ2n) is 4.72. The number of rotatable bonds is 1. The number of halogens is 1. The summed E-state index contributed by atoms with van der Waals surface area (Å²) in [6.07, 6.45) is -0.627. The van der Waals surface area contributed by atoms with E-state index in [-0.39, 0.29) is 11.2 Å². The van der Waals surface area contributed by atoms with Crippen LogP contribution in [0.5, 0.6) is 0 Å². The molecule has 0 radical (unpaired) electrons. The van der Waals surface area contributed by atoms with E-state index in [1.807, 2.05) is 20.8 Å². The van der Waals surface area contributed by atoms with E-state index in [0.717, 1.165) is 0 Å². The van der Waals surface area contributed by atoms with Crippen molar-refractivity contribution in [1.29, 1.82) is 0 Å². The van der Waals surface area contributed by atoms with Crippen molar-refractivity contribution in [2.24, 2.45) is 5.41 Å². The Labute approximate surface area is 84.6 Å². The Kier molecular flexibility index (Phi) is 2.95. The lowest BCUT2D eigenvalue weighted by Gasteiger charge is -2.27. The third kappa shape index (κ3) is 2.13. The molecule has 0 heterocycles. The molecule has 0 amide bonds. The summed E-state index contributed by atoms with van der Waals surface area (Å²) in [6, 6.07) is 4.81. The molecule has 0 aliphatic rings. The molecule has 0 spiro atoms. The zero-order valence-corrected chi connectivity index (χ0v) is 9.13. The van der Waals surface area contributed by atoms with Gasteiger partial charge in [0.05, 0.1) is 6.10 Å². The van der Waals surface area contributed by atoms with Crippen molar-refractivity contribution < 1.29 is 9.50 Å². The molecule has 0 aliphatic heterocycles. The summed E-state index contributed by atoms with van der Waals surface area (Å²) >= 11 is 0. The van der Waals surface area contributed by atoms with Crippen molar-refractivity contribution in [3.05, 3.63) is 35.1 Å². The second-order valence-corrected chi connectivity index (χ2v) is 4.72. The molecule has 1 unspecified atom stereocenters. The lowest BCUT2D eigenvalue weighted by molar-refractivity contribution is 0.0618. The standard InChI is InChI=1S/C12H17FO/c1-8-9(6-5-7-10(8)13)11(14)12(2,3)4/h5-7,11,14H,1-4H3. The van der Waals surface area contributed by atoms with Crippen LogP contribution in [-0.4, -0.2) is 5.11 Å². The molecular formula is C12H17FO. The lowest BCUT2D eigenvalue weighted by Crippen LogP contribution is -2.19. The fourth-order valence-electron chi connectivity index (χ4n) is 1.39. The van der Waals surface area contributed by atoms with Crippen LogP contribution >= 0.6 is 0 Å². The van der Waals surface area contributed by atoms with Gasteiger partial charge < -0.3 is 5.11 Å². The molecule has 0 aromatic heterocycles. The molecule has 0 saturated heterocycles. The largest absolute Gasteiger partial charge is 0.388 e. The van der Waals surface area contributed by atoms with Crippen LogP contribution in [0.4, 0.5) is 4.39 Å². The lowest BCUT2D eigenvalue weighted by atomic mass is 9.83. The molecule has 0 aliphatic carbocycles. The third-order valence-electron chi connectivity index (χ3n) is 2.42. The van der Waals surface area contributed by atoms with Crippen LogP contribution < -0.4 is 0 Å². The van der Waals surface area contributed by atoms with Gasteiger partial charge in [0.25, 0.3) is 0 Å². The summed E-state index contributed by atoms with van der Waals surface area (Å²) in [5.41, 5.74) is 0.950. The average molecular weight is 196 g/mol. The highest BCUT2D eigenvalue weighted by Crippen LogP contribution is 2.34. The van der Waals surface area contributed by atoms with Crippen LogP contribution in [0.1, 0.15) is 38.0 Å². The minimum Gasteiger partial charge on any atom is -0.388 e.